The van der Waals surface area contributed by atoms with E-state index in [0.717, 1.165) is 39.7 Å². The highest BCUT2D eigenvalue weighted by molar-refractivity contribution is 6.53. The fourth-order valence-electron chi connectivity index (χ4n) is 5.81. The molecule has 0 aliphatic carbocycles. The Balaban J connectivity index is 1.65. The maximum absolute atomic E-state index is 13.8. The number of fused-ring (bicyclic) bond motifs is 12. The number of aromatic nitrogens is 2. The van der Waals surface area contributed by atoms with E-state index < -0.39 is 17.7 Å². The molecule has 4 aromatic rings. The van der Waals surface area contributed by atoms with Crippen LogP contribution in [0.15, 0.2) is 60.9 Å². The lowest BCUT2D eigenvalue weighted by molar-refractivity contribution is -0.146. The number of rotatable bonds is 2. The average Bonchev–Trinajstić information content (AvgIpc) is 3.51. The molecule has 194 valence electrons. The van der Waals surface area contributed by atoms with Crippen LogP contribution in [0.25, 0.3) is 33.0 Å². The van der Waals surface area contributed by atoms with Gasteiger partial charge in [0.25, 0.3) is 11.8 Å². The quantitative estimate of drug-likeness (QED) is 0.384. The molecule has 8 heteroatoms. The summed E-state index contributed by atoms with van der Waals surface area (Å²) in [6.45, 7) is 3.84. The summed E-state index contributed by atoms with van der Waals surface area (Å²) >= 11 is 0. The number of benzene rings is 2. The summed E-state index contributed by atoms with van der Waals surface area (Å²) in [4.78, 5) is 43.0. The van der Waals surface area contributed by atoms with E-state index in [1.54, 1.807) is 0 Å². The molecule has 0 N–H and O–H groups in total. The summed E-state index contributed by atoms with van der Waals surface area (Å²) in [5, 5.41) is 1.73. The maximum Gasteiger partial charge on any atom is 0.269 e. The van der Waals surface area contributed by atoms with E-state index in [0.29, 0.717) is 30.8 Å². The molecule has 0 saturated heterocycles. The smallest absolute Gasteiger partial charge is 0.269 e. The molecule has 0 fully saturated rings. The predicted octanol–water partition coefficient (Wildman–Crippen LogP) is 3.77. The SMILES string of the molecule is CC(=O)N1C(=O)C2=C(C1=O)c1cn(c3ccccc13)CC[C@H](CN(C)C)OCCn1cc2c2ccccc21. The minimum atomic E-state index is -0.585. The van der Waals surface area contributed by atoms with Crippen LogP contribution in [-0.4, -0.2) is 70.0 Å². The van der Waals surface area contributed by atoms with Gasteiger partial charge in [0.2, 0.25) is 5.91 Å². The largest absolute Gasteiger partial charge is 0.375 e. The first-order chi connectivity index (χ1) is 18.3. The Morgan fingerprint density at radius 2 is 1.39 bits per heavy atom. The molecule has 2 aromatic heterocycles. The van der Waals surface area contributed by atoms with Crippen molar-refractivity contribution < 1.29 is 19.1 Å². The minimum Gasteiger partial charge on any atom is -0.375 e. The molecule has 1 atom stereocenters. The zero-order valence-electron chi connectivity index (χ0n) is 21.8. The molecular weight excluding hydrogens is 480 g/mol. The van der Waals surface area contributed by atoms with Crippen LogP contribution in [0.2, 0.25) is 0 Å². The van der Waals surface area contributed by atoms with Gasteiger partial charge in [-0.1, -0.05) is 36.4 Å². The highest BCUT2D eigenvalue weighted by Crippen LogP contribution is 2.42. The number of nitrogens with zero attached hydrogens (tertiary/aromatic N) is 4. The van der Waals surface area contributed by atoms with Crippen molar-refractivity contribution in [2.75, 3.05) is 27.2 Å². The van der Waals surface area contributed by atoms with Gasteiger partial charge >= 0.3 is 0 Å². The average molecular weight is 511 g/mol. The zero-order valence-corrected chi connectivity index (χ0v) is 21.8. The topological polar surface area (TPSA) is 76.8 Å². The summed E-state index contributed by atoms with van der Waals surface area (Å²) in [5.41, 5.74) is 3.78. The van der Waals surface area contributed by atoms with Crippen molar-refractivity contribution in [2.24, 2.45) is 0 Å². The Morgan fingerprint density at radius 3 is 1.92 bits per heavy atom. The van der Waals surface area contributed by atoms with Gasteiger partial charge in [-0.2, -0.15) is 0 Å². The molecule has 4 heterocycles. The molecule has 2 aromatic carbocycles. The van der Waals surface area contributed by atoms with Gasteiger partial charge in [-0.15, -0.1) is 0 Å². The van der Waals surface area contributed by atoms with E-state index in [1.165, 1.54) is 6.92 Å². The second-order valence-electron chi connectivity index (χ2n) is 10.3. The Morgan fingerprint density at radius 1 is 0.868 bits per heavy atom. The summed E-state index contributed by atoms with van der Waals surface area (Å²) in [6, 6.07) is 15.7. The van der Waals surface area contributed by atoms with Crippen LogP contribution < -0.4 is 0 Å². The van der Waals surface area contributed by atoms with Crippen molar-refractivity contribution in [2.45, 2.75) is 32.5 Å². The first-order valence-electron chi connectivity index (χ1n) is 12.9. The van der Waals surface area contributed by atoms with Gasteiger partial charge in [-0.05, 0) is 32.6 Å². The van der Waals surface area contributed by atoms with Gasteiger partial charge in [0.1, 0.15) is 0 Å². The van der Waals surface area contributed by atoms with Crippen molar-refractivity contribution in [1.82, 2.24) is 18.9 Å². The number of aryl methyl sites for hydroxylation is 1. The molecule has 0 saturated carbocycles. The molecule has 2 aliphatic heterocycles. The van der Waals surface area contributed by atoms with Gasteiger partial charge < -0.3 is 18.8 Å². The number of amides is 3. The second-order valence-corrected chi connectivity index (χ2v) is 10.3. The number of likely N-dealkylation sites (N-methyl/N-ethyl adjacent to an activating group) is 1. The monoisotopic (exact) mass is 510 g/mol. The van der Waals surface area contributed by atoms with Gasteiger partial charge in [0.15, 0.2) is 0 Å². The lowest BCUT2D eigenvalue weighted by Gasteiger charge is -2.22. The lowest BCUT2D eigenvalue weighted by Crippen LogP contribution is -2.35. The van der Waals surface area contributed by atoms with Crippen molar-refractivity contribution in [3.8, 4) is 0 Å². The zero-order chi connectivity index (χ0) is 26.6. The van der Waals surface area contributed by atoms with Gasteiger partial charge in [-0.25, -0.2) is 4.90 Å². The summed E-state index contributed by atoms with van der Waals surface area (Å²) in [6.07, 6.45) is 4.68. The van der Waals surface area contributed by atoms with Crippen LogP contribution >= 0.6 is 0 Å². The van der Waals surface area contributed by atoms with E-state index in [9.17, 15) is 14.4 Å². The number of para-hydroxylation sites is 2. The third-order valence-electron chi connectivity index (χ3n) is 7.46. The third-order valence-corrected chi connectivity index (χ3v) is 7.46. The molecular formula is C30H30N4O4. The Kier molecular flexibility index (Phi) is 6.01. The summed E-state index contributed by atoms with van der Waals surface area (Å²) in [7, 11) is 4.09. The van der Waals surface area contributed by atoms with Gasteiger partial charge in [0, 0.05) is 71.9 Å². The van der Waals surface area contributed by atoms with Crippen LogP contribution in [-0.2, 0) is 32.2 Å². The van der Waals surface area contributed by atoms with Crippen molar-refractivity contribution in [3.05, 3.63) is 72.1 Å². The number of carbonyl (C=O) groups is 3. The van der Waals surface area contributed by atoms with E-state index in [1.807, 2.05) is 75.0 Å². The molecule has 0 spiro atoms. The summed E-state index contributed by atoms with van der Waals surface area (Å²) < 4.78 is 10.6. The summed E-state index contributed by atoms with van der Waals surface area (Å²) in [5.74, 6) is -1.73. The highest BCUT2D eigenvalue weighted by Gasteiger charge is 2.43. The molecule has 2 aliphatic rings. The third kappa shape index (κ3) is 3.88. The fraction of sp³-hybridized carbons (Fsp3) is 0.300. The Labute approximate surface area is 220 Å². The number of hydrogen-bond donors (Lipinski definition) is 0. The number of hydrogen-bond acceptors (Lipinski definition) is 5. The van der Waals surface area contributed by atoms with Gasteiger partial charge in [-0.3, -0.25) is 14.4 Å². The fourth-order valence-corrected chi connectivity index (χ4v) is 5.81. The minimum absolute atomic E-state index is 0.0246. The predicted molar refractivity (Wildman–Crippen MR) is 146 cm³/mol. The molecule has 38 heavy (non-hydrogen) atoms. The van der Waals surface area contributed by atoms with Crippen LogP contribution in [0.5, 0.6) is 0 Å². The lowest BCUT2D eigenvalue weighted by atomic mass is 9.95. The van der Waals surface area contributed by atoms with E-state index >= 15 is 0 Å². The second kappa shape index (κ2) is 9.38. The van der Waals surface area contributed by atoms with E-state index in [-0.39, 0.29) is 17.3 Å². The van der Waals surface area contributed by atoms with Crippen LogP contribution in [0, 0.1) is 0 Å². The number of ether oxygens (including phenoxy) is 1. The highest BCUT2D eigenvalue weighted by atomic mass is 16.5. The molecule has 0 radical (unpaired) electrons. The van der Waals surface area contributed by atoms with E-state index in [4.69, 9.17) is 4.74 Å². The van der Waals surface area contributed by atoms with Crippen LogP contribution in [0.1, 0.15) is 24.5 Å². The first kappa shape index (κ1) is 24.3. The molecule has 6 rings (SSSR count). The van der Waals surface area contributed by atoms with Crippen molar-refractivity contribution >= 4 is 50.7 Å². The first-order valence-corrected chi connectivity index (χ1v) is 12.9. The van der Waals surface area contributed by atoms with Crippen LogP contribution in [0.4, 0.5) is 0 Å². The molecule has 3 amide bonds. The Hall–Kier alpha value is -4.01. The maximum atomic E-state index is 13.8. The number of imide groups is 3. The van der Waals surface area contributed by atoms with E-state index in [2.05, 4.69) is 14.0 Å². The molecule has 8 nitrogen and oxygen atoms in total. The van der Waals surface area contributed by atoms with Crippen molar-refractivity contribution in [3.63, 3.8) is 0 Å². The van der Waals surface area contributed by atoms with Crippen LogP contribution in [0.3, 0.4) is 0 Å². The normalized spacial score (nSPS) is 18.5. The molecule has 4 bridgehead atoms. The Bertz CT molecular complexity index is 1640. The number of carbonyl (C=O) groups excluding carboxylic acids is 3. The standard InChI is InChI=1S/C30H30N4O4/c1-19(35)34-29(36)27-23-17-32(25-10-6-4-8-21(23)25)13-12-20(16-31(2)3)38-15-14-33-18-24(28(27)30(34)37)22-9-5-7-11-26(22)33/h4-11,17-18,20H,12-16H2,1-3H3/t20-/m1/s1. The van der Waals surface area contributed by atoms with Crippen molar-refractivity contribution in [1.29, 1.82) is 0 Å². The molecule has 0 unspecified atom stereocenters. The van der Waals surface area contributed by atoms with Gasteiger partial charge in [0.05, 0.1) is 23.9 Å².